The summed E-state index contributed by atoms with van der Waals surface area (Å²) >= 11 is 1.55. The van der Waals surface area contributed by atoms with Crippen molar-refractivity contribution in [2.45, 2.75) is 0 Å². The minimum atomic E-state index is 0.195. The predicted molar refractivity (Wildman–Crippen MR) is 107 cm³/mol. The second kappa shape index (κ2) is 6.98. The topological polar surface area (TPSA) is 54.7 Å². The van der Waals surface area contributed by atoms with Crippen LogP contribution in [0.5, 0.6) is 11.5 Å². The Bertz CT molecular complexity index is 1070. The number of para-hydroxylation sites is 2. The SMILES string of the molecule is COc1ccccc1C=Nc1ccc(O)c(-c2nc3ccccc3s2)c1. The van der Waals surface area contributed by atoms with Crippen LogP contribution < -0.4 is 4.74 Å². The summed E-state index contributed by atoms with van der Waals surface area (Å²) in [5, 5.41) is 11.1. The first-order valence-electron chi connectivity index (χ1n) is 8.10. The molecule has 0 unspecified atom stereocenters. The molecular formula is C21H16N2O2S. The molecule has 0 aliphatic carbocycles. The zero-order chi connectivity index (χ0) is 17.9. The molecule has 0 aliphatic heterocycles. The number of fused-ring (bicyclic) bond motifs is 1. The largest absolute Gasteiger partial charge is 0.507 e. The van der Waals surface area contributed by atoms with E-state index in [0.29, 0.717) is 5.56 Å². The second-order valence-electron chi connectivity index (χ2n) is 5.69. The lowest BCUT2D eigenvalue weighted by molar-refractivity contribution is 0.414. The van der Waals surface area contributed by atoms with Crippen LogP contribution in [0.15, 0.2) is 71.7 Å². The van der Waals surface area contributed by atoms with Crippen LogP contribution in [-0.4, -0.2) is 23.4 Å². The maximum absolute atomic E-state index is 10.3. The summed E-state index contributed by atoms with van der Waals surface area (Å²) in [7, 11) is 1.64. The van der Waals surface area contributed by atoms with Crippen LogP contribution in [0.1, 0.15) is 5.56 Å². The molecule has 0 aliphatic rings. The van der Waals surface area contributed by atoms with Crippen molar-refractivity contribution >= 4 is 33.5 Å². The van der Waals surface area contributed by atoms with Gasteiger partial charge in [0, 0.05) is 11.8 Å². The zero-order valence-electron chi connectivity index (χ0n) is 14.1. The fraction of sp³-hybridized carbons (Fsp3) is 0.0476. The fourth-order valence-electron chi connectivity index (χ4n) is 2.68. The summed E-state index contributed by atoms with van der Waals surface area (Å²) in [6.07, 6.45) is 1.76. The average molecular weight is 360 g/mol. The van der Waals surface area contributed by atoms with Gasteiger partial charge in [0.2, 0.25) is 0 Å². The van der Waals surface area contributed by atoms with Gasteiger partial charge in [0.05, 0.1) is 28.6 Å². The summed E-state index contributed by atoms with van der Waals surface area (Å²) in [6, 6.07) is 20.9. The number of nitrogens with zero attached hydrogens (tertiary/aromatic N) is 2. The Hall–Kier alpha value is -3.18. The smallest absolute Gasteiger partial charge is 0.128 e. The van der Waals surface area contributed by atoms with Crippen molar-refractivity contribution in [1.82, 2.24) is 4.98 Å². The van der Waals surface area contributed by atoms with E-state index in [2.05, 4.69) is 9.98 Å². The molecule has 1 N–H and O–H groups in total. The number of ether oxygens (including phenoxy) is 1. The number of aliphatic imine (C=N–C) groups is 1. The molecule has 0 bridgehead atoms. The lowest BCUT2D eigenvalue weighted by Crippen LogP contribution is -1.89. The van der Waals surface area contributed by atoms with Crippen molar-refractivity contribution in [2.75, 3.05) is 7.11 Å². The molecule has 0 saturated heterocycles. The van der Waals surface area contributed by atoms with Crippen LogP contribution in [0.25, 0.3) is 20.8 Å². The summed E-state index contributed by atoms with van der Waals surface area (Å²) < 4.78 is 6.43. The Morgan fingerprint density at radius 2 is 1.85 bits per heavy atom. The molecule has 4 rings (SSSR count). The molecule has 128 valence electrons. The number of benzene rings is 3. The Morgan fingerprint density at radius 3 is 2.69 bits per heavy atom. The number of hydrogen-bond acceptors (Lipinski definition) is 5. The monoisotopic (exact) mass is 360 g/mol. The maximum Gasteiger partial charge on any atom is 0.128 e. The van der Waals surface area contributed by atoms with Gasteiger partial charge in [-0.15, -0.1) is 11.3 Å². The highest BCUT2D eigenvalue weighted by molar-refractivity contribution is 7.21. The molecule has 1 heterocycles. The van der Waals surface area contributed by atoms with E-state index in [1.807, 2.05) is 54.6 Å². The highest BCUT2D eigenvalue weighted by atomic mass is 32.1. The molecule has 5 heteroatoms. The van der Waals surface area contributed by atoms with E-state index in [0.717, 1.165) is 32.2 Å². The van der Waals surface area contributed by atoms with E-state index < -0.39 is 0 Å². The predicted octanol–water partition coefficient (Wildman–Crippen LogP) is 5.43. The number of phenols is 1. The van der Waals surface area contributed by atoms with Crippen LogP contribution in [0.4, 0.5) is 5.69 Å². The lowest BCUT2D eigenvalue weighted by atomic mass is 10.2. The minimum Gasteiger partial charge on any atom is -0.507 e. The summed E-state index contributed by atoms with van der Waals surface area (Å²) in [5.74, 6) is 0.960. The molecule has 0 amide bonds. The fourth-order valence-corrected chi connectivity index (χ4v) is 3.67. The molecule has 4 aromatic rings. The molecule has 0 fully saturated rings. The Morgan fingerprint density at radius 1 is 1.04 bits per heavy atom. The number of hydrogen-bond donors (Lipinski definition) is 1. The van der Waals surface area contributed by atoms with Gasteiger partial charge in [-0.2, -0.15) is 0 Å². The first kappa shape index (κ1) is 16.3. The number of aromatic hydroxyl groups is 1. The second-order valence-corrected chi connectivity index (χ2v) is 6.72. The maximum atomic E-state index is 10.3. The van der Waals surface area contributed by atoms with Crippen LogP contribution in [0.2, 0.25) is 0 Å². The first-order chi connectivity index (χ1) is 12.7. The Balaban J connectivity index is 1.71. The van der Waals surface area contributed by atoms with Gasteiger partial charge >= 0.3 is 0 Å². The van der Waals surface area contributed by atoms with Gasteiger partial charge in [-0.05, 0) is 42.5 Å². The molecule has 0 spiro atoms. The Labute approximate surface area is 155 Å². The summed E-state index contributed by atoms with van der Waals surface area (Å²) in [6.45, 7) is 0. The average Bonchev–Trinajstić information content (AvgIpc) is 3.11. The molecule has 0 atom stereocenters. The number of aromatic nitrogens is 1. The van der Waals surface area contributed by atoms with Gasteiger partial charge in [0.25, 0.3) is 0 Å². The zero-order valence-corrected chi connectivity index (χ0v) is 14.9. The quantitative estimate of drug-likeness (QED) is 0.494. The van der Waals surface area contributed by atoms with Crippen molar-refractivity contribution in [1.29, 1.82) is 0 Å². The van der Waals surface area contributed by atoms with E-state index in [-0.39, 0.29) is 5.75 Å². The third kappa shape index (κ3) is 3.17. The standard InChI is InChI=1S/C21H16N2O2S/c1-25-19-8-4-2-6-14(19)13-22-15-10-11-18(24)16(12-15)21-23-17-7-3-5-9-20(17)26-21/h2-13,24H,1H3. The van der Waals surface area contributed by atoms with Crippen molar-refractivity contribution in [3.05, 3.63) is 72.3 Å². The number of rotatable bonds is 4. The first-order valence-corrected chi connectivity index (χ1v) is 8.92. The lowest BCUT2D eigenvalue weighted by Gasteiger charge is -2.04. The summed E-state index contributed by atoms with van der Waals surface area (Å²) in [5.41, 5.74) is 3.24. The van der Waals surface area contributed by atoms with Gasteiger partial charge in [-0.25, -0.2) is 4.98 Å². The van der Waals surface area contributed by atoms with Gasteiger partial charge in [-0.1, -0.05) is 24.3 Å². The third-order valence-corrected chi connectivity index (χ3v) is 5.07. The van der Waals surface area contributed by atoms with Gasteiger partial charge in [-0.3, -0.25) is 4.99 Å². The Kier molecular flexibility index (Phi) is 4.37. The van der Waals surface area contributed by atoms with Crippen molar-refractivity contribution in [3.8, 4) is 22.1 Å². The highest BCUT2D eigenvalue weighted by Gasteiger charge is 2.11. The van der Waals surface area contributed by atoms with E-state index in [1.165, 1.54) is 0 Å². The summed E-state index contributed by atoms with van der Waals surface area (Å²) in [4.78, 5) is 9.14. The van der Waals surface area contributed by atoms with Gasteiger partial charge < -0.3 is 9.84 Å². The van der Waals surface area contributed by atoms with E-state index in [1.54, 1.807) is 36.8 Å². The number of phenolic OH excluding ortho intramolecular Hbond substituents is 1. The molecule has 26 heavy (non-hydrogen) atoms. The molecule has 0 radical (unpaired) electrons. The third-order valence-electron chi connectivity index (χ3n) is 4.00. The van der Waals surface area contributed by atoms with Gasteiger partial charge in [0.1, 0.15) is 16.5 Å². The van der Waals surface area contributed by atoms with Crippen LogP contribution in [0, 0.1) is 0 Å². The van der Waals surface area contributed by atoms with E-state index in [4.69, 9.17) is 4.74 Å². The molecule has 0 saturated carbocycles. The normalized spacial score (nSPS) is 11.3. The van der Waals surface area contributed by atoms with Crippen LogP contribution >= 0.6 is 11.3 Å². The minimum absolute atomic E-state index is 0.195. The van der Waals surface area contributed by atoms with Crippen molar-refractivity contribution in [3.63, 3.8) is 0 Å². The van der Waals surface area contributed by atoms with Crippen molar-refractivity contribution in [2.24, 2.45) is 4.99 Å². The molecule has 3 aromatic carbocycles. The van der Waals surface area contributed by atoms with E-state index >= 15 is 0 Å². The molecule has 4 nitrogen and oxygen atoms in total. The molecule has 1 aromatic heterocycles. The highest BCUT2D eigenvalue weighted by Crippen LogP contribution is 2.37. The van der Waals surface area contributed by atoms with Crippen LogP contribution in [0.3, 0.4) is 0 Å². The number of methoxy groups -OCH3 is 1. The number of thiazole rings is 1. The van der Waals surface area contributed by atoms with E-state index in [9.17, 15) is 5.11 Å². The molecular weight excluding hydrogens is 344 g/mol. The van der Waals surface area contributed by atoms with Crippen molar-refractivity contribution < 1.29 is 9.84 Å². The van der Waals surface area contributed by atoms with Gasteiger partial charge in [0.15, 0.2) is 0 Å². The van der Waals surface area contributed by atoms with Crippen LogP contribution in [-0.2, 0) is 0 Å².